The van der Waals surface area contributed by atoms with Crippen LogP contribution in [0.4, 0.5) is 0 Å². The van der Waals surface area contributed by atoms with Gasteiger partial charge in [0.15, 0.2) is 17.5 Å². The molecule has 0 atom stereocenters. The second-order valence-electron chi connectivity index (χ2n) is 15.9. The van der Waals surface area contributed by atoms with E-state index in [9.17, 15) is 0 Å². The summed E-state index contributed by atoms with van der Waals surface area (Å²) in [6.45, 7) is 4.65. The zero-order valence-corrected chi connectivity index (χ0v) is 32.8. The number of hydrogen-bond acceptors (Lipinski definition) is 4. The van der Waals surface area contributed by atoms with Gasteiger partial charge < -0.3 is 0 Å². The van der Waals surface area contributed by atoms with Crippen LogP contribution in [0, 0.1) is 0 Å². The van der Waals surface area contributed by atoms with E-state index < -0.39 is 0 Å². The highest BCUT2D eigenvalue weighted by molar-refractivity contribution is 6.03. The number of aromatic nitrogens is 4. The van der Waals surface area contributed by atoms with Gasteiger partial charge in [0, 0.05) is 33.1 Å². The van der Waals surface area contributed by atoms with Gasteiger partial charge in [-0.05, 0) is 85.6 Å². The molecule has 1 aliphatic carbocycles. The summed E-state index contributed by atoms with van der Waals surface area (Å²) < 4.78 is 0. The maximum absolute atomic E-state index is 5.31. The molecule has 11 rings (SSSR count). The van der Waals surface area contributed by atoms with E-state index in [1.54, 1.807) is 0 Å². The fourth-order valence-corrected chi connectivity index (χ4v) is 8.86. The van der Waals surface area contributed by atoms with Crippen LogP contribution in [0.2, 0.25) is 0 Å². The second kappa shape index (κ2) is 13.8. The summed E-state index contributed by atoms with van der Waals surface area (Å²) in [6.07, 6.45) is 0. The maximum Gasteiger partial charge on any atom is 0.164 e. The number of pyridine rings is 1. The Morgan fingerprint density at radius 2 is 0.847 bits per heavy atom. The minimum Gasteiger partial charge on any atom is -0.248 e. The largest absolute Gasteiger partial charge is 0.248 e. The number of benzene rings is 8. The van der Waals surface area contributed by atoms with Crippen LogP contribution in [-0.4, -0.2) is 19.9 Å². The molecule has 4 nitrogen and oxygen atoms in total. The molecule has 0 bridgehead atoms. The Bertz CT molecular complexity index is 3150. The Hall–Kier alpha value is -7.56. The average molecular weight is 755 g/mol. The molecular weight excluding hydrogens is 717 g/mol. The lowest BCUT2D eigenvalue weighted by Crippen LogP contribution is -2.14. The first-order valence-corrected chi connectivity index (χ1v) is 20.1. The van der Waals surface area contributed by atoms with Crippen molar-refractivity contribution in [3.63, 3.8) is 0 Å². The summed E-state index contributed by atoms with van der Waals surface area (Å²) in [4.78, 5) is 20.4. The predicted octanol–water partition coefficient (Wildman–Crippen LogP) is 13.9. The van der Waals surface area contributed by atoms with Crippen molar-refractivity contribution in [2.45, 2.75) is 19.3 Å². The van der Waals surface area contributed by atoms with Crippen LogP contribution >= 0.6 is 0 Å². The molecular formula is C55H38N4. The Morgan fingerprint density at radius 1 is 0.322 bits per heavy atom. The quantitative estimate of drug-likeness (QED) is 0.170. The van der Waals surface area contributed by atoms with Crippen molar-refractivity contribution in [1.29, 1.82) is 0 Å². The topological polar surface area (TPSA) is 51.6 Å². The molecule has 0 spiro atoms. The van der Waals surface area contributed by atoms with Gasteiger partial charge in [-0.3, -0.25) is 0 Å². The number of nitrogens with zero attached hydrogens (tertiary/aromatic N) is 4. The van der Waals surface area contributed by atoms with Gasteiger partial charge in [0.2, 0.25) is 0 Å². The van der Waals surface area contributed by atoms with Gasteiger partial charge in [0.1, 0.15) is 0 Å². The first-order chi connectivity index (χ1) is 29.0. The molecule has 0 saturated carbocycles. The Balaban J connectivity index is 1.07. The lowest BCUT2D eigenvalue weighted by molar-refractivity contribution is 0.661. The minimum atomic E-state index is -0.114. The van der Waals surface area contributed by atoms with Crippen LogP contribution in [0.5, 0.6) is 0 Å². The van der Waals surface area contributed by atoms with Crippen molar-refractivity contribution >= 4 is 21.7 Å². The molecule has 2 aromatic heterocycles. The van der Waals surface area contributed by atoms with Crippen LogP contribution in [0.15, 0.2) is 194 Å². The lowest BCUT2D eigenvalue weighted by Gasteiger charge is -2.22. The molecule has 8 aromatic carbocycles. The summed E-state index contributed by atoms with van der Waals surface area (Å²) >= 11 is 0. The van der Waals surface area contributed by atoms with Crippen LogP contribution in [0.1, 0.15) is 25.0 Å². The third kappa shape index (κ3) is 6.00. The maximum atomic E-state index is 5.31. The smallest absolute Gasteiger partial charge is 0.164 e. The molecule has 0 unspecified atom stereocenters. The van der Waals surface area contributed by atoms with E-state index in [-0.39, 0.29) is 5.41 Å². The van der Waals surface area contributed by atoms with E-state index in [0.717, 1.165) is 66.5 Å². The third-order valence-electron chi connectivity index (χ3n) is 11.9. The predicted molar refractivity (Wildman–Crippen MR) is 243 cm³/mol. The fourth-order valence-electron chi connectivity index (χ4n) is 8.86. The molecule has 10 aromatic rings. The first kappa shape index (κ1) is 34.7. The van der Waals surface area contributed by atoms with E-state index in [1.807, 2.05) is 60.7 Å². The van der Waals surface area contributed by atoms with Crippen LogP contribution in [0.3, 0.4) is 0 Å². The van der Waals surface area contributed by atoms with Crippen molar-refractivity contribution in [3.8, 4) is 78.8 Å². The van der Waals surface area contributed by atoms with E-state index in [4.69, 9.17) is 19.9 Å². The summed E-state index contributed by atoms with van der Waals surface area (Å²) in [7, 11) is 0. The zero-order chi connectivity index (χ0) is 39.5. The van der Waals surface area contributed by atoms with Crippen molar-refractivity contribution < 1.29 is 0 Å². The molecule has 0 fully saturated rings. The van der Waals surface area contributed by atoms with Crippen LogP contribution in [-0.2, 0) is 5.41 Å². The van der Waals surface area contributed by atoms with Crippen LogP contribution < -0.4 is 0 Å². The van der Waals surface area contributed by atoms with Crippen molar-refractivity contribution in [1.82, 2.24) is 19.9 Å². The molecule has 0 amide bonds. The lowest BCUT2D eigenvalue weighted by atomic mass is 9.82. The van der Waals surface area contributed by atoms with Gasteiger partial charge in [0.05, 0.1) is 11.2 Å². The first-order valence-electron chi connectivity index (χ1n) is 20.1. The molecule has 0 aliphatic heterocycles. The number of rotatable bonds is 6. The monoisotopic (exact) mass is 754 g/mol. The minimum absolute atomic E-state index is 0.114. The van der Waals surface area contributed by atoms with E-state index in [1.165, 1.54) is 27.6 Å². The van der Waals surface area contributed by atoms with Gasteiger partial charge in [-0.1, -0.05) is 178 Å². The molecule has 59 heavy (non-hydrogen) atoms. The highest BCUT2D eigenvalue weighted by Crippen LogP contribution is 2.50. The Labute approximate surface area is 343 Å². The average Bonchev–Trinajstić information content (AvgIpc) is 3.53. The van der Waals surface area contributed by atoms with Gasteiger partial charge in [-0.2, -0.15) is 0 Å². The van der Waals surface area contributed by atoms with Crippen molar-refractivity contribution in [2.24, 2.45) is 0 Å². The number of hydrogen-bond donors (Lipinski definition) is 0. The van der Waals surface area contributed by atoms with E-state index in [2.05, 4.69) is 147 Å². The number of fused-ring (bicyclic) bond motifs is 5. The van der Waals surface area contributed by atoms with E-state index in [0.29, 0.717) is 17.5 Å². The normalized spacial score (nSPS) is 12.7. The van der Waals surface area contributed by atoms with Gasteiger partial charge in [-0.15, -0.1) is 0 Å². The fraction of sp³-hybridized carbons (Fsp3) is 0.0545. The van der Waals surface area contributed by atoms with Gasteiger partial charge >= 0.3 is 0 Å². The molecule has 1 aliphatic rings. The summed E-state index contributed by atoms with van der Waals surface area (Å²) in [6, 6.07) is 68.6. The molecule has 0 radical (unpaired) electrons. The summed E-state index contributed by atoms with van der Waals surface area (Å²) in [5.74, 6) is 1.92. The van der Waals surface area contributed by atoms with Crippen LogP contribution in [0.25, 0.3) is 100 Å². The van der Waals surface area contributed by atoms with Gasteiger partial charge in [-0.25, -0.2) is 19.9 Å². The SMILES string of the molecule is CC1(C)c2ccccc2-c2cc3c(-c4ccc(-c5cc(-c6nc(-c7ccccc7)nc(-c7ccccc7)n6)cc6ccccc56)cc4)cc(-c4ccccc4)nc3cc21. The Kier molecular flexibility index (Phi) is 8.12. The standard InChI is InChI=1S/C55H38N4/c1-55(2)48-25-15-14-24-43(48)46-32-47-45(33-50(37-16-6-3-7-17-37)56-51(47)34-49(46)55)36-28-26-35(27-29-36)44-31-41(30-40-22-12-13-23-42(40)44)54-58-52(38-18-8-4-9-19-38)57-53(59-54)39-20-10-5-11-21-39/h3-34H,1-2H3. The molecule has 4 heteroatoms. The summed E-state index contributed by atoms with van der Waals surface area (Å²) in [5, 5.41) is 3.44. The molecule has 278 valence electrons. The van der Waals surface area contributed by atoms with Crippen molar-refractivity contribution in [3.05, 3.63) is 205 Å². The molecule has 0 N–H and O–H groups in total. The summed E-state index contributed by atoms with van der Waals surface area (Å²) in [5.41, 5.74) is 15.6. The third-order valence-corrected chi connectivity index (χ3v) is 11.9. The van der Waals surface area contributed by atoms with E-state index >= 15 is 0 Å². The second-order valence-corrected chi connectivity index (χ2v) is 15.9. The Morgan fingerprint density at radius 3 is 1.49 bits per heavy atom. The molecule has 2 heterocycles. The zero-order valence-electron chi connectivity index (χ0n) is 32.8. The highest BCUT2D eigenvalue weighted by Gasteiger charge is 2.35. The van der Waals surface area contributed by atoms with Gasteiger partial charge in [0.25, 0.3) is 0 Å². The highest BCUT2D eigenvalue weighted by atomic mass is 15.0. The van der Waals surface area contributed by atoms with Crippen molar-refractivity contribution in [2.75, 3.05) is 0 Å². The molecule has 0 saturated heterocycles.